The molecule has 4 nitrogen and oxygen atoms in total. The Morgan fingerprint density at radius 1 is 1.08 bits per heavy atom. The fourth-order valence-corrected chi connectivity index (χ4v) is 3.03. The SMILES string of the molecule is CCc1ccc(Nc2ncc(Cl)c(-c3c[nH]c4ccccc34)n2)cc1. The van der Waals surface area contributed by atoms with Crippen LogP contribution in [-0.2, 0) is 6.42 Å². The van der Waals surface area contributed by atoms with Crippen LogP contribution in [0.25, 0.3) is 22.2 Å². The molecule has 2 aromatic carbocycles. The number of para-hydroxylation sites is 1. The van der Waals surface area contributed by atoms with Gasteiger partial charge in [0.1, 0.15) is 0 Å². The van der Waals surface area contributed by atoms with E-state index < -0.39 is 0 Å². The number of rotatable bonds is 4. The normalized spacial score (nSPS) is 11.0. The second-order valence-electron chi connectivity index (χ2n) is 5.81. The van der Waals surface area contributed by atoms with Crippen molar-refractivity contribution in [3.8, 4) is 11.3 Å². The van der Waals surface area contributed by atoms with Gasteiger partial charge in [-0.2, -0.15) is 0 Å². The second kappa shape index (κ2) is 6.57. The number of aromatic amines is 1. The lowest BCUT2D eigenvalue weighted by Crippen LogP contribution is -1.98. The lowest BCUT2D eigenvalue weighted by molar-refractivity contribution is 1.14. The van der Waals surface area contributed by atoms with Gasteiger partial charge in [-0.05, 0) is 30.2 Å². The minimum atomic E-state index is 0.522. The molecule has 124 valence electrons. The van der Waals surface area contributed by atoms with Crippen LogP contribution >= 0.6 is 11.6 Å². The average Bonchev–Trinajstić information content (AvgIpc) is 3.08. The molecule has 5 heteroatoms. The number of hydrogen-bond acceptors (Lipinski definition) is 3. The number of aryl methyl sites for hydroxylation is 1. The Hall–Kier alpha value is -2.85. The molecule has 0 saturated carbocycles. The Morgan fingerprint density at radius 3 is 2.68 bits per heavy atom. The van der Waals surface area contributed by atoms with Crippen molar-refractivity contribution in [2.45, 2.75) is 13.3 Å². The predicted octanol–water partition coefficient (Wildman–Crippen LogP) is 5.58. The molecule has 0 aliphatic rings. The third kappa shape index (κ3) is 3.08. The standard InChI is InChI=1S/C20H17ClN4/c1-2-13-7-9-14(10-8-13)24-20-23-12-17(21)19(25-20)16-11-22-18-6-4-3-5-15(16)18/h3-12,22H,2H2,1H3,(H,23,24,25). The van der Waals surface area contributed by atoms with Crippen molar-refractivity contribution in [1.82, 2.24) is 15.0 Å². The number of nitrogens with zero attached hydrogens (tertiary/aromatic N) is 2. The van der Waals surface area contributed by atoms with Crippen molar-refractivity contribution < 1.29 is 0 Å². The first-order valence-electron chi connectivity index (χ1n) is 8.19. The van der Waals surface area contributed by atoms with Crippen molar-refractivity contribution in [3.05, 3.63) is 71.5 Å². The first kappa shape index (κ1) is 15.7. The molecule has 0 aliphatic carbocycles. The van der Waals surface area contributed by atoms with Crippen LogP contribution in [0.1, 0.15) is 12.5 Å². The van der Waals surface area contributed by atoms with E-state index in [1.165, 1.54) is 5.56 Å². The molecule has 2 N–H and O–H groups in total. The molecule has 0 spiro atoms. The summed E-state index contributed by atoms with van der Waals surface area (Å²) in [6, 6.07) is 16.3. The van der Waals surface area contributed by atoms with Crippen molar-refractivity contribution in [3.63, 3.8) is 0 Å². The van der Waals surface area contributed by atoms with Gasteiger partial charge in [0.25, 0.3) is 0 Å². The molecule has 2 heterocycles. The highest BCUT2D eigenvalue weighted by molar-refractivity contribution is 6.33. The van der Waals surface area contributed by atoms with Gasteiger partial charge in [0.05, 0.1) is 16.9 Å². The monoisotopic (exact) mass is 348 g/mol. The quantitative estimate of drug-likeness (QED) is 0.506. The summed E-state index contributed by atoms with van der Waals surface area (Å²) in [6.45, 7) is 2.14. The fraction of sp³-hybridized carbons (Fsp3) is 0.100. The number of benzene rings is 2. The molecular weight excluding hydrogens is 332 g/mol. The molecule has 2 aromatic heterocycles. The predicted molar refractivity (Wildman–Crippen MR) is 103 cm³/mol. The van der Waals surface area contributed by atoms with Crippen LogP contribution in [0.4, 0.5) is 11.6 Å². The molecule has 0 amide bonds. The Balaban J connectivity index is 1.71. The zero-order valence-corrected chi connectivity index (χ0v) is 14.5. The van der Waals surface area contributed by atoms with E-state index in [0.29, 0.717) is 16.7 Å². The van der Waals surface area contributed by atoms with Gasteiger partial charge in [0, 0.05) is 28.4 Å². The lowest BCUT2D eigenvalue weighted by Gasteiger charge is -2.08. The molecule has 0 atom stereocenters. The average molecular weight is 349 g/mol. The minimum absolute atomic E-state index is 0.522. The Labute approximate surface area is 150 Å². The molecule has 0 unspecified atom stereocenters. The van der Waals surface area contributed by atoms with Gasteiger partial charge < -0.3 is 10.3 Å². The number of hydrogen-bond donors (Lipinski definition) is 2. The molecule has 0 saturated heterocycles. The molecule has 0 radical (unpaired) electrons. The van der Waals surface area contributed by atoms with Crippen LogP contribution in [0.3, 0.4) is 0 Å². The molecular formula is C20H17ClN4. The van der Waals surface area contributed by atoms with Gasteiger partial charge >= 0.3 is 0 Å². The molecule has 4 aromatic rings. The van der Waals surface area contributed by atoms with E-state index in [1.54, 1.807) is 6.20 Å². The number of anilines is 2. The number of halogens is 1. The molecule has 25 heavy (non-hydrogen) atoms. The summed E-state index contributed by atoms with van der Waals surface area (Å²) in [4.78, 5) is 12.2. The van der Waals surface area contributed by atoms with E-state index >= 15 is 0 Å². The lowest BCUT2D eigenvalue weighted by atomic mass is 10.1. The first-order chi connectivity index (χ1) is 12.2. The number of aromatic nitrogens is 3. The maximum atomic E-state index is 6.36. The van der Waals surface area contributed by atoms with Crippen LogP contribution in [0.2, 0.25) is 5.02 Å². The highest BCUT2D eigenvalue weighted by Crippen LogP contribution is 2.32. The number of nitrogens with one attached hydrogen (secondary N) is 2. The largest absolute Gasteiger partial charge is 0.360 e. The van der Waals surface area contributed by atoms with Crippen molar-refractivity contribution in [2.75, 3.05) is 5.32 Å². The van der Waals surface area contributed by atoms with E-state index in [0.717, 1.165) is 28.6 Å². The van der Waals surface area contributed by atoms with Crippen molar-refractivity contribution in [1.29, 1.82) is 0 Å². The molecule has 0 bridgehead atoms. The van der Waals surface area contributed by atoms with Gasteiger partial charge in [-0.25, -0.2) is 9.97 Å². The van der Waals surface area contributed by atoms with Crippen molar-refractivity contribution in [2.24, 2.45) is 0 Å². The summed E-state index contributed by atoms with van der Waals surface area (Å²) in [5, 5.41) is 4.85. The van der Waals surface area contributed by atoms with Gasteiger partial charge in [0.15, 0.2) is 0 Å². The van der Waals surface area contributed by atoms with Crippen LogP contribution in [0, 0.1) is 0 Å². The number of fused-ring (bicyclic) bond motifs is 1. The molecule has 4 rings (SSSR count). The summed E-state index contributed by atoms with van der Waals surface area (Å²) in [6.07, 6.45) is 4.58. The first-order valence-corrected chi connectivity index (χ1v) is 8.57. The zero-order chi connectivity index (χ0) is 17.2. The van der Waals surface area contributed by atoms with Crippen LogP contribution < -0.4 is 5.32 Å². The summed E-state index contributed by atoms with van der Waals surface area (Å²) in [5.41, 5.74) is 4.97. The van der Waals surface area contributed by atoms with Crippen LogP contribution in [0.15, 0.2) is 60.9 Å². The van der Waals surface area contributed by atoms with E-state index in [9.17, 15) is 0 Å². The highest BCUT2D eigenvalue weighted by Gasteiger charge is 2.12. The van der Waals surface area contributed by atoms with E-state index in [-0.39, 0.29) is 0 Å². The Kier molecular flexibility index (Phi) is 4.12. The summed E-state index contributed by atoms with van der Waals surface area (Å²) < 4.78 is 0. The Bertz CT molecular complexity index is 1020. The zero-order valence-electron chi connectivity index (χ0n) is 13.8. The van der Waals surface area contributed by atoms with Gasteiger partial charge in [0.2, 0.25) is 5.95 Å². The summed E-state index contributed by atoms with van der Waals surface area (Å²) in [5.74, 6) is 0.522. The Morgan fingerprint density at radius 2 is 1.88 bits per heavy atom. The maximum Gasteiger partial charge on any atom is 0.227 e. The number of H-pyrrole nitrogens is 1. The topological polar surface area (TPSA) is 53.6 Å². The van der Waals surface area contributed by atoms with E-state index in [2.05, 4.69) is 45.4 Å². The van der Waals surface area contributed by atoms with Crippen LogP contribution in [-0.4, -0.2) is 15.0 Å². The van der Waals surface area contributed by atoms with Gasteiger partial charge in [-0.1, -0.05) is 48.9 Å². The van der Waals surface area contributed by atoms with E-state index in [1.807, 2.05) is 36.5 Å². The maximum absolute atomic E-state index is 6.36. The van der Waals surface area contributed by atoms with Gasteiger partial charge in [-0.15, -0.1) is 0 Å². The molecule has 0 aliphatic heterocycles. The smallest absolute Gasteiger partial charge is 0.227 e. The third-order valence-electron chi connectivity index (χ3n) is 4.21. The third-order valence-corrected chi connectivity index (χ3v) is 4.48. The minimum Gasteiger partial charge on any atom is -0.360 e. The van der Waals surface area contributed by atoms with Crippen molar-refractivity contribution >= 4 is 34.1 Å². The van der Waals surface area contributed by atoms with Crippen LogP contribution in [0.5, 0.6) is 0 Å². The summed E-state index contributed by atoms with van der Waals surface area (Å²) >= 11 is 6.36. The second-order valence-corrected chi connectivity index (χ2v) is 6.22. The van der Waals surface area contributed by atoms with Gasteiger partial charge in [-0.3, -0.25) is 0 Å². The fourth-order valence-electron chi connectivity index (χ4n) is 2.84. The highest BCUT2D eigenvalue weighted by atomic mass is 35.5. The van der Waals surface area contributed by atoms with E-state index in [4.69, 9.17) is 11.6 Å². The molecule has 0 fully saturated rings. The summed E-state index contributed by atoms with van der Waals surface area (Å²) in [7, 11) is 0.